The lowest BCUT2D eigenvalue weighted by atomic mass is 9.79. The van der Waals surface area contributed by atoms with Gasteiger partial charge in [0.2, 0.25) is 0 Å². The fraction of sp³-hybridized carbons (Fsp3) is 0.417. The van der Waals surface area contributed by atoms with Gasteiger partial charge in [0.05, 0.1) is 36.4 Å². The van der Waals surface area contributed by atoms with Gasteiger partial charge in [-0.3, -0.25) is 0 Å². The van der Waals surface area contributed by atoms with Crippen molar-refractivity contribution in [2.45, 2.75) is 12.8 Å². The van der Waals surface area contributed by atoms with Gasteiger partial charge < -0.3 is 19.7 Å². The van der Waals surface area contributed by atoms with Gasteiger partial charge in [-0.1, -0.05) is 11.6 Å². The van der Waals surface area contributed by atoms with Crippen LogP contribution in [0.1, 0.15) is 12.8 Å². The number of sulfone groups is 1. The van der Waals surface area contributed by atoms with E-state index in [2.05, 4.69) is 20.2 Å². The number of nitrogens with zero attached hydrogens (tertiary/aromatic N) is 3. The summed E-state index contributed by atoms with van der Waals surface area (Å²) in [7, 11) is -1.30. The monoisotopic (exact) mass is 520 g/mol. The first-order valence-corrected chi connectivity index (χ1v) is 13.6. The first-order valence-electron chi connectivity index (χ1n) is 11.4. The molecule has 0 unspecified atom stereocenters. The number of halogens is 2. The first-order chi connectivity index (χ1) is 16.8. The molecule has 2 saturated heterocycles. The van der Waals surface area contributed by atoms with Crippen molar-refractivity contribution in [2.75, 3.05) is 50.2 Å². The molecule has 0 bridgehead atoms. The van der Waals surface area contributed by atoms with Crippen molar-refractivity contribution >= 4 is 43.8 Å². The summed E-state index contributed by atoms with van der Waals surface area (Å²) in [5.41, 5.74) is 0.789. The minimum atomic E-state index is -2.86. The number of anilines is 2. The molecule has 1 N–H and O–H groups in total. The molecular weight excluding hydrogens is 495 g/mol. The molecule has 8 nitrogen and oxygen atoms in total. The second kappa shape index (κ2) is 9.40. The van der Waals surface area contributed by atoms with Gasteiger partial charge in [0.1, 0.15) is 18.0 Å². The average Bonchev–Trinajstić information content (AvgIpc) is 3.14. The summed E-state index contributed by atoms with van der Waals surface area (Å²) in [6.07, 6.45) is 2.95. The smallest absolute Gasteiger partial charge is 0.162 e. The number of hydrogen-bond acceptors (Lipinski definition) is 8. The van der Waals surface area contributed by atoms with Crippen LogP contribution in [0.4, 0.5) is 15.9 Å². The summed E-state index contributed by atoms with van der Waals surface area (Å²) in [5.74, 6) is 1.67. The molecule has 3 aromatic rings. The van der Waals surface area contributed by atoms with Crippen LogP contribution >= 0.6 is 11.6 Å². The Labute approximate surface area is 208 Å². The summed E-state index contributed by atoms with van der Waals surface area (Å²) in [5, 5.41) is 4.04. The van der Waals surface area contributed by atoms with Gasteiger partial charge in [-0.05, 0) is 37.1 Å². The highest BCUT2D eigenvalue weighted by molar-refractivity contribution is 7.91. The van der Waals surface area contributed by atoms with Crippen LogP contribution < -0.4 is 14.8 Å². The van der Waals surface area contributed by atoms with Crippen molar-refractivity contribution in [1.29, 1.82) is 0 Å². The van der Waals surface area contributed by atoms with E-state index in [1.54, 1.807) is 19.2 Å². The van der Waals surface area contributed by atoms with Crippen LogP contribution in [0.5, 0.6) is 11.5 Å². The van der Waals surface area contributed by atoms with Gasteiger partial charge in [-0.2, -0.15) is 0 Å². The molecule has 5 rings (SSSR count). The Morgan fingerprint density at radius 1 is 1.20 bits per heavy atom. The van der Waals surface area contributed by atoms with Crippen molar-refractivity contribution in [3.05, 3.63) is 47.5 Å². The standard InChI is InChI=1S/C24H26ClFN4O4S/c1-33-21-11-19-17(23(28-15-27-19)29-20-9-16(25)3-4-18(20)26)10-22(21)34-7-2-6-30-12-24(13-30)5-8-35(31,32)14-24/h3-4,9-11,15H,2,5-8,12-14H2,1H3,(H,27,28,29). The summed E-state index contributed by atoms with van der Waals surface area (Å²) in [4.78, 5) is 10.9. The van der Waals surface area contributed by atoms with Crippen LogP contribution in [0.3, 0.4) is 0 Å². The second-order valence-electron chi connectivity index (χ2n) is 9.25. The fourth-order valence-electron chi connectivity index (χ4n) is 4.92. The largest absolute Gasteiger partial charge is 0.493 e. The lowest BCUT2D eigenvalue weighted by Gasteiger charge is -2.47. The Morgan fingerprint density at radius 2 is 2.03 bits per heavy atom. The van der Waals surface area contributed by atoms with E-state index in [9.17, 15) is 12.8 Å². The Bertz CT molecular complexity index is 1370. The molecular formula is C24H26ClFN4O4S. The lowest BCUT2D eigenvalue weighted by molar-refractivity contribution is 0.0185. The number of hydrogen-bond donors (Lipinski definition) is 1. The fourth-order valence-corrected chi connectivity index (χ4v) is 7.24. The number of ether oxygens (including phenoxy) is 2. The zero-order chi connectivity index (χ0) is 24.6. The lowest BCUT2D eigenvalue weighted by Crippen LogP contribution is -2.57. The van der Waals surface area contributed by atoms with E-state index in [0.29, 0.717) is 51.4 Å². The number of benzene rings is 2. The Balaban J connectivity index is 1.25. The molecule has 3 heterocycles. The zero-order valence-corrected chi connectivity index (χ0v) is 20.8. The third-order valence-electron chi connectivity index (χ3n) is 6.57. The van der Waals surface area contributed by atoms with Crippen molar-refractivity contribution < 1.29 is 22.3 Å². The van der Waals surface area contributed by atoms with E-state index in [-0.39, 0.29) is 11.1 Å². The Hall–Kier alpha value is -2.69. The van der Waals surface area contributed by atoms with Gasteiger partial charge >= 0.3 is 0 Å². The third kappa shape index (κ3) is 5.14. The molecule has 1 spiro atoms. The topological polar surface area (TPSA) is 93.7 Å². The Morgan fingerprint density at radius 3 is 2.77 bits per heavy atom. The molecule has 2 aliphatic heterocycles. The quantitative estimate of drug-likeness (QED) is 0.444. The summed E-state index contributed by atoms with van der Waals surface area (Å²) in [6.45, 7) is 2.96. The maximum atomic E-state index is 14.2. The van der Waals surface area contributed by atoms with Crippen molar-refractivity contribution in [3.8, 4) is 11.5 Å². The summed E-state index contributed by atoms with van der Waals surface area (Å²) < 4.78 is 49.3. The van der Waals surface area contributed by atoms with Crippen LogP contribution in [0.15, 0.2) is 36.7 Å². The summed E-state index contributed by atoms with van der Waals surface area (Å²) >= 11 is 6.02. The highest BCUT2D eigenvalue weighted by atomic mass is 35.5. The van der Waals surface area contributed by atoms with Crippen molar-refractivity contribution in [2.24, 2.45) is 5.41 Å². The molecule has 0 atom stereocenters. The minimum absolute atomic E-state index is 0.0346. The Kier molecular flexibility index (Phi) is 6.45. The number of nitrogens with one attached hydrogen (secondary N) is 1. The maximum Gasteiger partial charge on any atom is 0.162 e. The van der Waals surface area contributed by atoms with E-state index in [4.69, 9.17) is 21.1 Å². The normalized spacial score (nSPS) is 18.5. The molecule has 186 valence electrons. The molecule has 0 aliphatic carbocycles. The van der Waals surface area contributed by atoms with Crippen LogP contribution in [0.25, 0.3) is 10.9 Å². The third-order valence-corrected chi connectivity index (χ3v) is 8.68. The van der Waals surface area contributed by atoms with Crippen molar-refractivity contribution in [1.82, 2.24) is 14.9 Å². The van der Waals surface area contributed by atoms with Gasteiger partial charge in [-0.15, -0.1) is 0 Å². The predicted molar refractivity (Wildman–Crippen MR) is 133 cm³/mol. The minimum Gasteiger partial charge on any atom is -0.493 e. The zero-order valence-electron chi connectivity index (χ0n) is 19.3. The van der Waals surface area contributed by atoms with E-state index in [1.807, 2.05) is 0 Å². The number of fused-ring (bicyclic) bond motifs is 1. The molecule has 1 aromatic heterocycles. The SMILES string of the molecule is COc1cc2ncnc(Nc3cc(Cl)ccc3F)c2cc1OCCCN1CC2(CCS(=O)(=O)C2)C1. The highest BCUT2D eigenvalue weighted by Crippen LogP contribution is 2.41. The molecule has 0 radical (unpaired) electrons. The molecule has 2 fully saturated rings. The van der Waals surface area contributed by atoms with Gasteiger partial charge in [0, 0.05) is 41.5 Å². The highest BCUT2D eigenvalue weighted by Gasteiger charge is 2.49. The van der Waals surface area contributed by atoms with E-state index in [1.165, 1.54) is 24.5 Å². The predicted octanol–water partition coefficient (Wildman–Crippen LogP) is 4.06. The van der Waals surface area contributed by atoms with Crippen molar-refractivity contribution in [3.63, 3.8) is 0 Å². The molecule has 0 amide bonds. The molecule has 35 heavy (non-hydrogen) atoms. The van der Waals surface area contributed by atoms with Crippen LogP contribution in [0.2, 0.25) is 5.02 Å². The summed E-state index contributed by atoms with van der Waals surface area (Å²) in [6, 6.07) is 7.79. The maximum absolute atomic E-state index is 14.2. The number of aromatic nitrogens is 2. The number of rotatable bonds is 8. The van der Waals surface area contributed by atoms with Gasteiger partial charge in [0.25, 0.3) is 0 Å². The second-order valence-corrected chi connectivity index (χ2v) is 11.9. The molecule has 0 saturated carbocycles. The van der Waals surface area contributed by atoms with Crippen LogP contribution in [-0.4, -0.2) is 68.1 Å². The number of likely N-dealkylation sites (tertiary alicyclic amines) is 1. The van der Waals surface area contributed by atoms with E-state index < -0.39 is 15.7 Å². The van der Waals surface area contributed by atoms with Crippen LogP contribution in [0, 0.1) is 11.2 Å². The molecule has 11 heteroatoms. The van der Waals surface area contributed by atoms with Crippen LogP contribution in [-0.2, 0) is 9.84 Å². The molecule has 2 aromatic carbocycles. The number of methoxy groups -OCH3 is 1. The first kappa shape index (κ1) is 24.0. The van der Waals surface area contributed by atoms with Gasteiger partial charge in [-0.25, -0.2) is 22.8 Å². The molecule has 2 aliphatic rings. The average molecular weight is 521 g/mol. The van der Waals surface area contributed by atoms with Gasteiger partial charge in [0.15, 0.2) is 21.3 Å². The van der Waals surface area contributed by atoms with E-state index in [0.717, 1.165) is 32.5 Å². The van der Waals surface area contributed by atoms with E-state index >= 15 is 0 Å².